The first-order valence-electron chi connectivity index (χ1n) is 10.3. The third kappa shape index (κ3) is 4.23. The molecular formula is C23H29NO5S. The molecule has 6 N–H and O–H groups in total. The Morgan fingerprint density at radius 2 is 1.73 bits per heavy atom. The van der Waals surface area contributed by atoms with Crippen molar-refractivity contribution in [3.05, 3.63) is 58.7 Å². The van der Waals surface area contributed by atoms with Gasteiger partial charge >= 0.3 is 0 Å². The molecule has 2 aromatic carbocycles. The van der Waals surface area contributed by atoms with Crippen molar-refractivity contribution in [3.63, 3.8) is 0 Å². The van der Waals surface area contributed by atoms with Gasteiger partial charge in [0.05, 0.1) is 6.61 Å². The highest BCUT2D eigenvalue weighted by Gasteiger charge is 2.44. The highest BCUT2D eigenvalue weighted by atomic mass is 32.2. The second kappa shape index (κ2) is 8.86. The molecule has 1 heterocycles. The van der Waals surface area contributed by atoms with Crippen LogP contribution in [0.4, 0.5) is 5.69 Å². The van der Waals surface area contributed by atoms with Gasteiger partial charge in [-0.25, -0.2) is 0 Å². The van der Waals surface area contributed by atoms with Crippen LogP contribution in [-0.4, -0.2) is 57.7 Å². The Balaban J connectivity index is 1.64. The Morgan fingerprint density at radius 3 is 2.33 bits per heavy atom. The van der Waals surface area contributed by atoms with E-state index in [0.717, 1.165) is 16.0 Å². The molecule has 0 amide bonds. The van der Waals surface area contributed by atoms with E-state index >= 15 is 0 Å². The number of thioether (sulfide) groups is 1. The average molecular weight is 432 g/mol. The van der Waals surface area contributed by atoms with Crippen LogP contribution in [0.2, 0.25) is 0 Å². The number of nitrogens with two attached hydrogens (primary N) is 1. The number of aliphatic hydroxyl groups is 4. The largest absolute Gasteiger partial charge is 0.398 e. The molecule has 30 heavy (non-hydrogen) atoms. The zero-order valence-electron chi connectivity index (χ0n) is 16.9. The summed E-state index contributed by atoms with van der Waals surface area (Å²) in [4.78, 5) is 0.824. The second-order valence-electron chi connectivity index (χ2n) is 8.24. The van der Waals surface area contributed by atoms with Crippen molar-refractivity contribution in [1.29, 1.82) is 0 Å². The third-order valence-corrected chi connectivity index (χ3v) is 6.91. The lowest BCUT2D eigenvalue weighted by Crippen LogP contribution is -2.55. The van der Waals surface area contributed by atoms with E-state index in [0.29, 0.717) is 23.6 Å². The minimum absolute atomic E-state index is 0.453. The van der Waals surface area contributed by atoms with Crippen LogP contribution < -0.4 is 5.73 Å². The lowest BCUT2D eigenvalue weighted by Gasteiger charge is -2.40. The smallest absolute Gasteiger partial charge is 0.113 e. The summed E-state index contributed by atoms with van der Waals surface area (Å²) in [5.74, 6) is 0.711. The topological polar surface area (TPSA) is 116 Å². The van der Waals surface area contributed by atoms with Crippen LogP contribution in [0.3, 0.4) is 0 Å². The minimum atomic E-state index is -1.41. The highest BCUT2D eigenvalue weighted by molar-refractivity contribution is 7.98. The first-order valence-corrected chi connectivity index (χ1v) is 11.5. The summed E-state index contributed by atoms with van der Waals surface area (Å²) >= 11 is 1.47. The molecule has 0 spiro atoms. The Labute approximate surface area is 180 Å². The van der Waals surface area contributed by atoms with E-state index in [1.54, 1.807) is 0 Å². The summed E-state index contributed by atoms with van der Waals surface area (Å²) in [5, 5.41) is 40.4. The van der Waals surface area contributed by atoms with Gasteiger partial charge in [0.1, 0.15) is 30.5 Å². The minimum Gasteiger partial charge on any atom is -0.398 e. The molecule has 0 aromatic heterocycles. The van der Waals surface area contributed by atoms with E-state index in [2.05, 4.69) is 24.3 Å². The van der Waals surface area contributed by atoms with Crippen LogP contribution in [0.1, 0.15) is 47.1 Å². The quantitative estimate of drug-likeness (QED) is 0.351. The molecule has 1 unspecified atom stereocenters. The molecule has 162 valence electrons. The molecule has 7 heteroatoms. The molecule has 2 fully saturated rings. The van der Waals surface area contributed by atoms with Crippen molar-refractivity contribution in [1.82, 2.24) is 0 Å². The normalized spacial score (nSPS) is 29.2. The van der Waals surface area contributed by atoms with Crippen molar-refractivity contribution < 1.29 is 25.2 Å². The maximum absolute atomic E-state index is 10.6. The van der Waals surface area contributed by atoms with Crippen molar-refractivity contribution in [2.45, 2.75) is 60.6 Å². The fraction of sp³-hybridized carbons (Fsp3) is 0.478. The van der Waals surface area contributed by atoms with Crippen LogP contribution in [0.5, 0.6) is 0 Å². The number of nitrogen functional groups attached to an aromatic ring is 1. The van der Waals surface area contributed by atoms with Gasteiger partial charge in [-0.1, -0.05) is 24.3 Å². The average Bonchev–Trinajstić information content (AvgIpc) is 3.60. The molecule has 5 atom stereocenters. The van der Waals surface area contributed by atoms with Crippen molar-refractivity contribution in [2.24, 2.45) is 0 Å². The van der Waals surface area contributed by atoms with Crippen LogP contribution in [0, 0.1) is 0 Å². The standard InChI is InChI=1S/C23H29NO5S/c1-30-19-10-17(24)15(8-12-2-4-13(5-3-12)14-6-7-14)9-16(19)23-22(28)21(27)20(26)18(11-25)29-23/h2-5,9-10,14,18,20-23,25-28H,6-8,11,24H2,1H3/t18-,20-,21?,22-,23+/m1/s1. The lowest BCUT2D eigenvalue weighted by atomic mass is 9.89. The van der Waals surface area contributed by atoms with E-state index in [1.165, 1.54) is 30.2 Å². The number of aliphatic hydroxyl groups excluding tert-OH is 4. The first kappa shape index (κ1) is 21.6. The summed E-state index contributed by atoms with van der Waals surface area (Å²) in [6, 6.07) is 12.4. The molecule has 1 aliphatic carbocycles. The van der Waals surface area contributed by atoms with Gasteiger partial charge in [-0.15, -0.1) is 11.8 Å². The van der Waals surface area contributed by atoms with Crippen LogP contribution >= 0.6 is 11.8 Å². The molecule has 1 saturated carbocycles. The predicted octanol–water partition coefficient (Wildman–Crippen LogP) is 1.97. The fourth-order valence-electron chi connectivity index (χ4n) is 4.11. The van der Waals surface area contributed by atoms with E-state index in [4.69, 9.17) is 10.5 Å². The Morgan fingerprint density at radius 1 is 1.03 bits per heavy atom. The van der Waals surface area contributed by atoms with E-state index < -0.39 is 37.1 Å². The van der Waals surface area contributed by atoms with Gasteiger partial charge in [0.15, 0.2) is 0 Å². The van der Waals surface area contributed by atoms with E-state index in [-0.39, 0.29) is 0 Å². The molecule has 0 bridgehead atoms. The maximum atomic E-state index is 10.6. The van der Waals surface area contributed by atoms with Gasteiger partial charge < -0.3 is 30.9 Å². The molecule has 1 saturated heterocycles. The molecule has 4 rings (SSSR count). The summed E-state index contributed by atoms with van der Waals surface area (Å²) in [7, 11) is 0. The Kier molecular flexibility index (Phi) is 6.39. The van der Waals surface area contributed by atoms with Gasteiger partial charge in [-0.05, 0) is 65.8 Å². The summed E-state index contributed by atoms with van der Waals surface area (Å²) in [6.07, 6.45) is -0.852. The number of anilines is 1. The van der Waals surface area contributed by atoms with Crippen LogP contribution in [0.15, 0.2) is 41.3 Å². The van der Waals surface area contributed by atoms with Crippen LogP contribution in [-0.2, 0) is 11.2 Å². The van der Waals surface area contributed by atoms with Crippen molar-refractivity contribution in [2.75, 3.05) is 18.6 Å². The summed E-state index contributed by atoms with van der Waals surface area (Å²) in [6.45, 7) is -0.453. The molecule has 0 radical (unpaired) electrons. The first-order chi connectivity index (χ1) is 14.4. The van der Waals surface area contributed by atoms with Gasteiger partial charge in [-0.3, -0.25) is 0 Å². The second-order valence-corrected chi connectivity index (χ2v) is 9.08. The van der Waals surface area contributed by atoms with Crippen LogP contribution in [0.25, 0.3) is 0 Å². The SMILES string of the molecule is CSc1cc(N)c(Cc2ccc(C3CC3)cc2)cc1[C@@H]1O[C@H](CO)[C@@H](O)C(O)[C@H]1O. The maximum Gasteiger partial charge on any atom is 0.113 e. The number of rotatable bonds is 6. The Bertz CT molecular complexity index is 884. The Hall–Kier alpha value is -1.61. The number of ether oxygens (including phenoxy) is 1. The molecular weight excluding hydrogens is 402 g/mol. The van der Waals surface area contributed by atoms with E-state index in [1.807, 2.05) is 18.4 Å². The van der Waals surface area contributed by atoms with Gasteiger partial charge in [-0.2, -0.15) is 0 Å². The number of benzene rings is 2. The monoisotopic (exact) mass is 431 g/mol. The number of hydrogen-bond acceptors (Lipinski definition) is 7. The zero-order valence-corrected chi connectivity index (χ0v) is 17.8. The van der Waals surface area contributed by atoms with E-state index in [9.17, 15) is 20.4 Å². The van der Waals surface area contributed by atoms with Gasteiger partial charge in [0.2, 0.25) is 0 Å². The molecule has 1 aliphatic heterocycles. The third-order valence-electron chi connectivity index (χ3n) is 6.11. The van der Waals surface area contributed by atoms with Gasteiger partial charge in [0.25, 0.3) is 0 Å². The van der Waals surface area contributed by atoms with Crippen molar-refractivity contribution in [3.8, 4) is 0 Å². The van der Waals surface area contributed by atoms with Crippen molar-refractivity contribution >= 4 is 17.4 Å². The number of hydrogen-bond donors (Lipinski definition) is 5. The highest BCUT2D eigenvalue weighted by Crippen LogP contribution is 2.41. The lowest BCUT2D eigenvalue weighted by molar-refractivity contribution is -0.232. The fourth-order valence-corrected chi connectivity index (χ4v) is 4.77. The molecule has 6 nitrogen and oxygen atoms in total. The summed E-state index contributed by atoms with van der Waals surface area (Å²) in [5.41, 5.74) is 11.1. The molecule has 2 aromatic rings. The predicted molar refractivity (Wildman–Crippen MR) is 117 cm³/mol. The summed E-state index contributed by atoms with van der Waals surface area (Å²) < 4.78 is 5.79. The molecule has 2 aliphatic rings. The van der Waals surface area contributed by atoms with Gasteiger partial charge in [0, 0.05) is 10.6 Å². The zero-order chi connectivity index (χ0) is 21.4.